The molecule has 19 heavy (non-hydrogen) atoms. The van der Waals surface area contributed by atoms with Gasteiger partial charge in [0, 0.05) is 19.7 Å². The zero-order valence-electron chi connectivity index (χ0n) is 11.0. The summed E-state index contributed by atoms with van der Waals surface area (Å²) in [5.74, 6) is -0.0323. The number of hydrogen-bond acceptors (Lipinski definition) is 4. The highest BCUT2D eigenvalue weighted by Crippen LogP contribution is 2.06. The molecule has 1 aromatic carbocycles. The molecule has 1 heterocycles. The Kier molecular flexibility index (Phi) is 4.30. The molecule has 0 saturated heterocycles. The quantitative estimate of drug-likeness (QED) is 0.893. The lowest BCUT2D eigenvalue weighted by Gasteiger charge is -2.04. The van der Waals surface area contributed by atoms with Crippen LogP contribution in [0.15, 0.2) is 34.9 Å². The first-order chi connectivity index (χ1) is 9.19. The van der Waals surface area contributed by atoms with Crippen LogP contribution < -0.4 is 5.32 Å². The van der Waals surface area contributed by atoms with Crippen LogP contribution in [0.25, 0.3) is 0 Å². The fourth-order valence-electron chi connectivity index (χ4n) is 1.66. The normalized spacial score (nSPS) is 10.4. The molecular weight excluding hydrogens is 244 g/mol. The van der Waals surface area contributed by atoms with E-state index < -0.39 is 0 Å². The number of aromatic nitrogens is 1. The number of carbonyl (C=O) groups is 1. The molecule has 0 radical (unpaired) electrons. The van der Waals surface area contributed by atoms with Gasteiger partial charge in [0.15, 0.2) is 0 Å². The second kappa shape index (κ2) is 6.15. The summed E-state index contributed by atoms with van der Waals surface area (Å²) in [5.41, 5.74) is 2.81. The molecule has 2 aromatic rings. The Hall–Kier alpha value is -2.14. The third-order valence-electron chi connectivity index (χ3n) is 2.64. The van der Waals surface area contributed by atoms with E-state index in [1.54, 1.807) is 20.1 Å². The van der Waals surface area contributed by atoms with Gasteiger partial charge >= 0.3 is 0 Å². The number of aryl methyl sites for hydroxylation is 1. The van der Waals surface area contributed by atoms with Gasteiger partial charge in [0.2, 0.25) is 5.76 Å². The maximum Gasteiger partial charge on any atom is 0.290 e. The van der Waals surface area contributed by atoms with E-state index in [1.807, 2.05) is 24.3 Å². The van der Waals surface area contributed by atoms with Crippen LogP contribution in [0.5, 0.6) is 0 Å². The van der Waals surface area contributed by atoms with E-state index in [0.29, 0.717) is 18.8 Å². The Morgan fingerprint density at radius 1 is 1.32 bits per heavy atom. The Balaban J connectivity index is 1.89. The van der Waals surface area contributed by atoms with Crippen molar-refractivity contribution in [2.75, 3.05) is 7.11 Å². The zero-order valence-corrected chi connectivity index (χ0v) is 11.0. The summed E-state index contributed by atoms with van der Waals surface area (Å²) in [6.45, 7) is 2.81. The van der Waals surface area contributed by atoms with Crippen LogP contribution in [0, 0.1) is 6.92 Å². The molecule has 5 heteroatoms. The number of methoxy groups -OCH3 is 1. The highest BCUT2D eigenvalue weighted by atomic mass is 16.5. The van der Waals surface area contributed by atoms with Crippen molar-refractivity contribution in [2.45, 2.75) is 20.1 Å². The number of rotatable bonds is 5. The van der Waals surface area contributed by atoms with Crippen molar-refractivity contribution in [3.8, 4) is 0 Å². The van der Waals surface area contributed by atoms with E-state index >= 15 is 0 Å². The van der Waals surface area contributed by atoms with Crippen molar-refractivity contribution in [1.29, 1.82) is 0 Å². The summed E-state index contributed by atoms with van der Waals surface area (Å²) in [6.07, 6.45) is 0. The van der Waals surface area contributed by atoms with E-state index in [2.05, 4.69) is 10.5 Å². The lowest BCUT2D eigenvalue weighted by molar-refractivity contribution is 0.0914. The van der Waals surface area contributed by atoms with Crippen LogP contribution in [0.3, 0.4) is 0 Å². The van der Waals surface area contributed by atoms with Crippen LogP contribution >= 0.6 is 0 Å². The molecule has 0 aliphatic carbocycles. The first-order valence-corrected chi connectivity index (χ1v) is 5.97. The number of benzene rings is 1. The van der Waals surface area contributed by atoms with Crippen molar-refractivity contribution in [3.63, 3.8) is 0 Å². The smallest absolute Gasteiger partial charge is 0.290 e. The molecule has 0 saturated carbocycles. The summed E-state index contributed by atoms with van der Waals surface area (Å²) >= 11 is 0. The molecule has 1 aromatic heterocycles. The Bertz CT molecular complexity index is 546. The van der Waals surface area contributed by atoms with Crippen molar-refractivity contribution < 1.29 is 14.1 Å². The molecule has 0 fully saturated rings. The van der Waals surface area contributed by atoms with Gasteiger partial charge in [0.25, 0.3) is 5.91 Å². The number of hydrogen-bond donors (Lipinski definition) is 1. The summed E-state index contributed by atoms with van der Waals surface area (Å²) < 4.78 is 9.92. The molecule has 0 spiro atoms. The minimum atomic E-state index is -0.262. The first kappa shape index (κ1) is 13.3. The van der Waals surface area contributed by atoms with Gasteiger partial charge in [0.1, 0.15) is 0 Å². The molecule has 100 valence electrons. The number of carbonyl (C=O) groups excluding carboxylic acids is 1. The van der Waals surface area contributed by atoms with Crippen molar-refractivity contribution >= 4 is 5.91 Å². The lowest BCUT2D eigenvalue weighted by atomic mass is 10.1. The number of nitrogens with one attached hydrogen (secondary N) is 1. The number of ether oxygens (including phenoxy) is 1. The molecule has 0 atom stereocenters. The van der Waals surface area contributed by atoms with E-state index in [9.17, 15) is 4.79 Å². The number of amides is 1. The molecule has 2 rings (SSSR count). The molecule has 0 bridgehead atoms. The molecule has 0 aliphatic heterocycles. The predicted molar refractivity (Wildman–Crippen MR) is 69.6 cm³/mol. The minimum Gasteiger partial charge on any atom is -0.380 e. The summed E-state index contributed by atoms with van der Waals surface area (Å²) in [7, 11) is 1.66. The summed E-state index contributed by atoms with van der Waals surface area (Å²) in [6, 6.07) is 9.48. The first-order valence-electron chi connectivity index (χ1n) is 5.97. The Labute approximate surface area is 111 Å². The van der Waals surface area contributed by atoms with Crippen LogP contribution in [0.2, 0.25) is 0 Å². The van der Waals surface area contributed by atoms with Crippen molar-refractivity contribution in [1.82, 2.24) is 10.5 Å². The SMILES string of the molecule is COCc1ccc(CNC(=O)c2cc(C)no2)cc1. The minimum absolute atomic E-state index is 0.230. The van der Waals surface area contributed by atoms with E-state index in [4.69, 9.17) is 9.26 Å². The average molecular weight is 260 g/mol. The van der Waals surface area contributed by atoms with Crippen LogP contribution in [-0.4, -0.2) is 18.2 Å². The fourth-order valence-corrected chi connectivity index (χ4v) is 1.66. The molecule has 1 N–H and O–H groups in total. The van der Waals surface area contributed by atoms with Crippen molar-refractivity contribution in [2.24, 2.45) is 0 Å². The van der Waals surface area contributed by atoms with Gasteiger partial charge in [-0.1, -0.05) is 29.4 Å². The van der Waals surface area contributed by atoms with Crippen LogP contribution in [0.1, 0.15) is 27.4 Å². The maximum atomic E-state index is 11.7. The third-order valence-corrected chi connectivity index (χ3v) is 2.64. The van der Waals surface area contributed by atoms with Gasteiger partial charge in [-0.3, -0.25) is 4.79 Å². The monoisotopic (exact) mass is 260 g/mol. The molecular formula is C14H16N2O3. The second-order valence-corrected chi connectivity index (χ2v) is 4.26. The highest BCUT2D eigenvalue weighted by Gasteiger charge is 2.10. The summed E-state index contributed by atoms with van der Waals surface area (Å²) in [4.78, 5) is 11.7. The standard InChI is InChI=1S/C14H16N2O3/c1-10-7-13(19-16-10)14(17)15-8-11-3-5-12(6-4-11)9-18-2/h3-7H,8-9H2,1-2H3,(H,15,17). The predicted octanol–water partition coefficient (Wildman–Crippen LogP) is 2.06. The average Bonchev–Trinajstić information content (AvgIpc) is 2.85. The lowest BCUT2D eigenvalue weighted by Crippen LogP contribution is -2.22. The van der Waals surface area contributed by atoms with E-state index in [1.165, 1.54) is 0 Å². The van der Waals surface area contributed by atoms with Gasteiger partial charge in [0.05, 0.1) is 12.3 Å². The van der Waals surface area contributed by atoms with E-state index in [0.717, 1.165) is 11.1 Å². The molecule has 0 unspecified atom stereocenters. The third kappa shape index (κ3) is 3.66. The molecule has 0 aliphatic rings. The van der Waals surface area contributed by atoms with E-state index in [-0.39, 0.29) is 11.7 Å². The Morgan fingerprint density at radius 2 is 2.00 bits per heavy atom. The fraction of sp³-hybridized carbons (Fsp3) is 0.286. The van der Waals surface area contributed by atoms with Gasteiger partial charge in [-0.05, 0) is 18.1 Å². The van der Waals surface area contributed by atoms with Gasteiger partial charge in [-0.2, -0.15) is 0 Å². The highest BCUT2D eigenvalue weighted by molar-refractivity contribution is 5.91. The van der Waals surface area contributed by atoms with Crippen LogP contribution in [-0.2, 0) is 17.9 Å². The topological polar surface area (TPSA) is 64.4 Å². The molecule has 5 nitrogen and oxygen atoms in total. The summed E-state index contributed by atoms with van der Waals surface area (Å²) in [5, 5.41) is 6.45. The Morgan fingerprint density at radius 3 is 2.58 bits per heavy atom. The van der Waals surface area contributed by atoms with Crippen molar-refractivity contribution in [3.05, 3.63) is 52.9 Å². The van der Waals surface area contributed by atoms with Crippen LogP contribution in [0.4, 0.5) is 0 Å². The largest absolute Gasteiger partial charge is 0.380 e. The van der Waals surface area contributed by atoms with Gasteiger partial charge in [-0.25, -0.2) is 0 Å². The second-order valence-electron chi connectivity index (χ2n) is 4.26. The number of nitrogens with zero attached hydrogens (tertiary/aromatic N) is 1. The molecule has 1 amide bonds. The zero-order chi connectivity index (χ0) is 13.7. The maximum absolute atomic E-state index is 11.7. The van der Waals surface area contributed by atoms with Gasteiger partial charge < -0.3 is 14.6 Å². The van der Waals surface area contributed by atoms with Gasteiger partial charge in [-0.15, -0.1) is 0 Å².